The van der Waals surface area contributed by atoms with Crippen LogP contribution in [-0.2, 0) is 13.6 Å². The Morgan fingerprint density at radius 3 is 2.33 bits per heavy atom. The molecule has 1 atom stereocenters. The quantitative estimate of drug-likeness (QED) is 0.804. The molecule has 15 heavy (non-hydrogen) atoms. The van der Waals surface area contributed by atoms with Crippen molar-refractivity contribution < 1.29 is 0 Å². The molecular weight excluding hydrogens is 190 g/mol. The maximum atomic E-state index is 11.6. The van der Waals surface area contributed by atoms with Crippen molar-refractivity contribution in [1.82, 2.24) is 14.5 Å². The van der Waals surface area contributed by atoms with E-state index in [-0.39, 0.29) is 17.1 Å². The third-order valence-electron chi connectivity index (χ3n) is 2.79. The molecule has 0 saturated carbocycles. The molecule has 0 amide bonds. The van der Waals surface area contributed by atoms with Crippen LogP contribution in [0.1, 0.15) is 20.8 Å². The molecule has 1 rings (SSSR count). The van der Waals surface area contributed by atoms with Gasteiger partial charge in [-0.2, -0.15) is 0 Å². The summed E-state index contributed by atoms with van der Waals surface area (Å²) >= 11 is 0. The van der Waals surface area contributed by atoms with Crippen LogP contribution in [-0.4, -0.2) is 22.2 Å². The Kier molecular flexibility index (Phi) is 3.39. The van der Waals surface area contributed by atoms with Crippen LogP contribution in [0.4, 0.5) is 0 Å². The lowest BCUT2D eigenvalue weighted by Gasteiger charge is -2.30. The van der Waals surface area contributed by atoms with Crippen LogP contribution in [0.3, 0.4) is 0 Å². The number of rotatable bonds is 3. The molecule has 0 aliphatic heterocycles. The van der Waals surface area contributed by atoms with E-state index >= 15 is 0 Å². The first-order valence-electron chi connectivity index (χ1n) is 5.25. The van der Waals surface area contributed by atoms with E-state index in [1.165, 1.54) is 0 Å². The van der Waals surface area contributed by atoms with Gasteiger partial charge in [0.2, 0.25) is 0 Å². The molecule has 0 radical (unpaired) electrons. The smallest absolute Gasteiger partial charge is 0.315 e. The summed E-state index contributed by atoms with van der Waals surface area (Å²) in [5.74, 6) is 0. The highest BCUT2D eigenvalue weighted by Crippen LogP contribution is 2.19. The van der Waals surface area contributed by atoms with Gasteiger partial charge in [0.15, 0.2) is 0 Å². The molecule has 1 heterocycles. The van der Waals surface area contributed by atoms with Gasteiger partial charge in [-0.1, -0.05) is 20.8 Å². The Bertz CT molecular complexity index is 370. The topological polar surface area (TPSA) is 39.0 Å². The van der Waals surface area contributed by atoms with Crippen LogP contribution in [0.5, 0.6) is 0 Å². The van der Waals surface area contributed by atoms with Gasteiger partial charge in [0.05, 0.1) is 0 Å². The minimum atomic E-state index is 0.0412. The summed E-state index contributed by atoms with van der Waals surface area (Å²) in [6.07, 6.45) is 3.62. The van der Waals surface area contributed by atoms with Gasteiger partial charge in [-0.05, 0) is 12.5 Å². The zero-order chi connectivity index (χ0) is 11.6. The van der Waals surface area contributed by atoms with Crippen molar-refractivity contribution in [3.63, 3.8) is 0 Å². The van der Waals surface area contributed by atoms with Gasteiger partial charge in [0.25, 0.3) is 0 Å². The van der Waals surface area contributed by atoms with E-state index in [2.05, 4.69) is 26.1 Å². The van der Waals surface area contributed by atoms with E-state index in [1.54, 1.807) is 22.4 Å². The van der Waals surface area contributed by atoms with Crippen LogP contribution >= 0.6 is 0 Å². The second-order valence-corrected chi connectivity index (χ2v) is 5.05. The van der Waals surface area contributed by atoms with Gasteiger partial charge in [0.1, 0.15) is 0 Å². The number of hydrogen-bond acceptors (Lipinski definition) is 2. The van der Waals surface area contributed by atoms with E-state index in [4.69, 9.17) is 0 Å². The molecule has 0 aliphatic carbocycles. The molecule has 0 fully saturated rings. The van der Waals surface area contributed by atoms with Crippen molar-refractivity contribution in [2.45, 2.75) is 33.4 Å². The van der Waals surface area contributed by atoms with Crippen molar-refractivity contribution in [2.24, 2.45) is 12.5 Å². The van der Waals surface area contributed by atoms with Gasteiger partial charge < -0.3 is 9.88 Å². The van der Waals surface area contributed by atoms with Gasteiger partial charge >= 0.3 is 5.69 Å². The zero-order valence-electron chi connectivity index (χ0n) is 10.2. The van der Waals surface area contributed by atoms with E-state index in [1.807, 2.05) is 13.2 Å². The standard InChI is InChI=1S/C11H21N3O/c1-11(2,3)9(12-4)8-14-7-6-13(5)10(14)15/h6-7,9,12H,8H2,1-5H3. The summed E-state index contributed by atoms with van der Waals surface area (Å²) < 4.78 is 3.34. The second-order valence-electron chi connectivity index (χ2n) is 5.05. The first-order valence-corrected chi connectivity index (χ1v) is 5.25. The lowest BCUT2D eigenvalue weighted by atomic mass is 9.87. The minimum absolute atomic E-state index is 0.0412. The molecule has 0 saturated heterocycles. The molecule has 1 aromatic rings. The maximum Gasteiger partial charge on any atom is 0.327 e. The van der Waals surface area contributed by atoms with Crippen LogP contribution in [0.2, 0.25) is 0 Å². The molecule has 86 valence electrons. The number of aromatic nitrogens is 2. The number of nitrogens with one attached hydrogen (secondary N) is 1. The van der Waals surface area contributed by atoms with Gasteiger partial charge in [-0.25, -0.2) is 4.79 Å². The Labute approximate surface area is 90.9 Å². The summed E-state index contributed by atoms with van der Waals surface area (Å²) in [4.78, 5) is 11.6. The molecule has 4 nitrogen and oxygen atoms in total. The fourth-order valence-corrected chi connectivity index (χ4v) is 1.64. The summed E-state index contributed by atoms with van der Waals surface area (Å²) in [6, 6.07) is 0.289. The summed E-state index contributed by atoms with van der Waals surface area (Å²) in [6.45, 7) is 7.21. The van der Waals surface area contributed by atoms with Crippen molar-refractivity contribution in [3.05, 3.63) is 22.9 Å². The monoisotopic (exact) mass is 211 g/mol. The number of imidazole rings is 1. The first kappa shape index (κ1) is 12.0. The highest BCUT2D eigenvalue weighted by atomic mass is 16.1. The largest absolute Gasteiger partial charge is 0.327 e. The average molecular weight is 211 g/mol. The highest BCUT2D eigenvalue weighted by molar-refractivity contribution is 4.85. The van der Waals surface area contributed by atoms with Crippen molar-refractivity contribution in [2.75, 3.05) is 7.05 Å². The van der Waals surface area contributed by atoms with E-state index in [9.17, 15) is 4.79 Å². The zero-order valence-corrected chi connectivity index (χ0v) is 10.2. The molecule has 0 aliphatic rings. The summed E-state index contributed by atoms with van der Waals surface area (Å²) in [7, 11) is 3.70. The normalized spacial score (nSPS) is 14.2. The Balaban J connectivity index is 2.85. The Hall–Kier alpha value is -1.03. The predicted molar refractivity (Wildman–Crippen MR) is 62.0 cm³/mol. The lowest BCUT2D eigenvalue weighted by molar-refractivity contribution is 0.252. The molecule has 1 unspecified atom stereocenters. The first-order chi connectivity index (χ1) is 6.86. The second kappa shape index (κ2) is 4.23. The van der Waals surface area contributed by atoms with Crippen LogP contribution in [0.25, 0.3) is 0 Å². The van der Waals surface area contributed by atoms with Gasteiger partial charge in [0, 0.05) is 32.0 Å². The lowest BCUT2D eigenvalue weighted by Crippen LogP contribution is -2.43. The number of hydrogen-bond donors (Lipinski definition) is 1. The summed E-state index contributed by atoms with van der Waals surface area (Å²) in [5, 5.41) is 3.26. The molecule has 4 heteroatoms. The molecule has 1 N–H and O–H groups in total. The molecule has 0 aromatic carbocycles. The fourth-order valence-electron chi connectivity index (χ4n) is 1.64. The fraction of sp³-hybridized carbons (Fsp3) is 0.727. The van der Waals surface area contributed by atoms with E-state index < -0.39 is 0 Å². The predicted octanol–water partition coefficient (Wildman–Crippen LogP) is 0.821. The van der Waals surface area contributed by atoms with Crippen molar-refractivity contribution in [1.29, 1.82) is 0 Å². The molecule has 1 aromatic heterocycles. The van der Waals surface area contributed by atoms with Crippen molar-refractivity contribution >= 4 is 0 Å². The van der Waals surface area contributed by atoms with E-state index in [0.717, 1.165) is 0 Å². The number of nitrogens with zero attached hydrogens (tertiary/aromatic N) is 2. The SMILES string of the molecule is CNC(Cn1ccn(C)c1=O)C(C)(C)C. The third kappa shape index (κ3) is 2.72. The average Bonchev–Trinajstić information content (AvgIpc) is 2.43. The number of likely N-dealkylation sites (N-methyl/N-ethyl adjacent to an activating group) is 1. The van der Waals surface area contributed by atoms with Crippen LogP contribution in [0, 0.1) is 5.41 Å². The van der Waals surface area contributed by atoms with Crippen LogP contribution in [0.15, 0.2) is 17.2 Å². The Morgan fingerprint density at radius 1 is 1.40 bits per heavy atom. The van der Waals surface area contributed by atoms with E-state index in [0.29, 0.717) is 6.54 Å². The maximum absolute atomic E-state index is 11.6. The van der Waals surface area contributed by atoms with Gasteiger partial charge in [-0.15, -0.1) is 0 Å². The van der Waals surface area contributed by atoms with Gasteiger partial charge in [-0.3, -0.25) is 4.57 Å². The molecule has 0 bridgehead atoms. The summed E-state index contributed by atoms with van der Waals surface area (Å²) in [5.41, 5.74) is 0.184. The third-order valence-corrected chi connectivity index (χ3v) is 2.79. The molecule has 0 spiro atoms. The minimum Gasteiger partial charge on any atom is -0.315 e. The highest BCUT2D eigenvalue weighted by Gasteiger charge is 2.23. The molecular formula is C11H21N3O. The van der Waals surface area contributed by atoms with Crippen LogP contribution < -0.4 is 11.0 Å². The van der Waals surface area contributed by atoms with Crippen molar-refractivity contribution in [3.8, 4) is 0 Å². The number of aryl methyl sites for hydroxylation is 1. The Morgan fingerprint density at radius 2 is 2.00 bits per heavy atom.